The van der Waals surface area contributed by atoms with Gasteiger partial charge in [-0.2, -0.15) is 0 Å². The molecule has 6 unspecified atom stereocenters. The van der Waals surface area contributed by atoms with E-state index in [9.17, 15) is 0 Å². The Labute approximate surface area is 208 Å². The number of hydrogen-bond acceptors (Lipinski definition) is 15. The molecule has 0 spiro atoms. The highest BCUT2D eigenvalue weighted by molar-refractivity contribution is 7.78. The summed E-state index contributed by atoms with van der Waals surface area (Å²) in [4.78, 5) is 0. The summed E-state index contributed by atoms with van der Waals surface area (Å²) >= 11 is 0. The average molecular weight is 573 g/mol. The Kier molecular flexibility index (Phi) is 7.22. The summed E-state index contributed by atoms with van der Waals surface area (Å²) in [5, 5.41) is 0. The standard InChI is InChI=1S/C18H30N3O12P3/c1-13(22-1)7-28-34(29-8-14-2-23-14)19-35(30-9-15-3-24-15,31-10-16-4-25-16)21-36(20-34,32-11-17-5-26-17)33-12-18-6-27-18/h13-18H,1-12H2. The number of ether oxygens (including phenoxy) is 6. The summed E-state index contributed by atoms with van der Waals surface area (Å²) in [6, 6.07) is 0. The molecule has 6 atom stereocenters. The second-order valence-corrected chi connectivity index (χ2v) is 15.9. The molecule has 7 rings (SSSR count). The normalized spacial score (nSPS) is 47.3. The van der Waals surface area contributed by atoms with Gasteiger partial charge in [-0.1, -0.05) is 0 Å². The van der Waals surface area contributed by atoms with Crippen LogP contribution in [0.1, 0.15) is 0 Å². The van der Waals surface area contributed by atoms with E-state index in [-0.39, 0.29) is 76.3 Å². The van der Waals surface area contributed by atoms with Crippen molar-refractivity contribution in [2.75, 3.05) is 79.3 Å². The molecule has 0 amide bonds. The predicted octanol–water partition coefficient (Wildman–Crippen LogP) is 2.33. The Morgan fingerprint density at radius 1 is 0.389 bits per heavy atom. The third-order valence-electron chi connectivity index (χ3n) is 5.66. The summed E-state index contributed by atoms with van der Waals surface area (Å²) in [5.74, 6) is 0. The summed E-state index contributed by atoms with van der Waals surface area (Å²) < 4.78 is 84.7. The molecule has 7 heterocycles. The topological polar surface area (TPSA) is 168 Å². The Balaban J connectivity index is 1.28. The molecule has 204 valence electrons. The fourth-order valence-corrected chi connectivity index (χ4v) is 12.7. The molecule has 0 aromatic rings. The van der Waals surface area contributed by atoms with Crippen LogP contribution in [-0.2, 0) is 55.6 Å². The van der Waals surface area contributed by atoms with E-state index in [1.54, 1.807) is 0 Å². The van der Waals surface area contributed by atoms with Crippen molar-refractivity contribution in [1.29, 1.82) is 0 Å². The summed E-state index contributed by atoms with van der Waals surface area (Å²) in [6.07, 6.45) is -0.275. The van der Waals surface area contributed by atoms with Crippen LogP contribution in [0, 0.1) is 0 Å². The maximum Gasteiger partial charge on any atom is 0.349 e. The Hall–Kier alpha value is 0.210. The summed E-state index contributed by atoms with van der Waals surface area (Å²) in [7, 11) is -10.2. The van der Waals surface area contributed by atoms with E-state index in [2.05, 4.69) is 0 Å². The van der Waals surface area contributed by atoms with E-state index in [0.29, 0.717) is 39.6 Å². The third-order valence-corrected chi connectivity index (χ3v) is 14.0. The quantitative estimate of drug-likeness (QED) is 0.174. The fourth-order valence-electron chi connectivity index (χ4n) is 2.97. The smallest absolute Gasteiger partial charge is 0.349 e. The SMILES string of the molecule is C1OC1COP1(OCC2CO2)=NP(OCC2CO2)(OCC2CO2)=NP(OCC2CO2)(OCC2CO2)=N1. The lowest BCUT2D eigenvalue weighted by molar-refractivity contribution is 0.184. The minimum atomic E-state index is -3.39. The monoisotopic (exact) mass is 573 g/mol. The van der Waals surface area contributed by atoms with Crippen molar-refractivity contribution in [3.8, 4) is 0 Å². The average Bonchev–Trinajstić information content (AvgIpc) is 3.66. The van der Waals surface area contributed by atoms with Crippen LogP contribution in [-0.4, -0.2) is 116 Å². The molecule has 0 aliphatic carbocycles. The first-order valence-corrected chi connectivity index (χ1v) is 16.7. The molecule has 0 aromatic carbocycles. The van der Waals surface area contributed by atoms with Crippen LogP contribution in [0.4, 0.5) is 0 Å². The van der Waals surface area contributed by atoms with Crippen LogP contribution >= 0.6 is 23.0 Å². The lowest BCUT2D eigenvalue weighted by atomic mass is 10.5. The van der Waals surface area contributed by atoms with Crippen LogP contribution in [0.2, 0.25) is 0 Å². The van der Waals surface area contributed by atoms with Gasteiger partial charge in [-0.3, -0.25) is 0 Å². The van der Waals surface area contributed by atoms with Gasteiger partial charge < -0.3 is 55.6 Å². The van der Waals surface area contributed by atoms with Crippen molar-refractivity contribution < 1.29 is 55.6 Å². The Morgan fingerprint density at radius 3 is 0.694 bits per heavy atom. The van der Waals surface area contributed by atoms with Gasteiger partial charge in [0.15, 0.2) is 0 Å². The van der Waals surface area contributed by atoms with Gasteiger partial charge in [0.25, 0.3) is 0 Å². The predicted molar refractivity (Wildman–Crippen MR) is 122 cm³/mol. The van der Waals surface area contributed by atoms with Crippen LogP contribution < -0.4 is 0 Å². The molecule has 0 radical (unpaired) electrons. The first kappa shape index (κ1) is 25.2. The molecular weight excluding hydrogens is 543 g/mol. The molecular formula is C18H30N3O12P3. The zero-order valence-electron chi connectivity index (χ0n) is 19.5. The molecule has 0 N–H and O–H groups in total. The molecule has 6 fully saturated rings. The van der Waals surface area contributed by atoms with Crippen molar-refractivity contribution in [2.45, 2.75) is 36.6 Å². The Bertz CT molecular complexity index is 791. The number of hydrogen-bond donors (Lipinski definition) is 0. The molecule has 7 aliphatic heterocycles. The van der Waals surface area contributed by atoms with Crippen molar-refractivity contribution in [3.63, 3.8) is 0 Å². The highest BCUT2D eigenvalue weighted by Gasteiger charge is 2.47. The minimum absolute atomic E-state index is 0.0458. The van der Waals surface area contributed by atoms with E-state index in [4.69, 9.17) is 69.1 Å². The highest BCUT2D eigenvalue weighted by Crippen LogP contribution is 2.81. The molecule has 7 aliphatic rings. The molecule has 15 nitrogen and oxygen atoms in total. The van der Waals surface area contributed by atoms with Crippen LogP contribution in [0.25, 0.3) is 0 Å². The maximum absolute atomic E-state index is 6.30. The second-order valence-electron chi connectivity index (χ2n) is 9.25. The van der Waals surface area contributed by atoms with E-state index >= 15 is 0 Å². The number of nitrogens with zero attached hydrogens (tertiary/aromatic N) is 3. The van der Waals surface area contributed by atoms with Crippen molar-refractivity contribution in [1.82, 2.24) is 0 Å². The van der Waals surface area contributed by atoms with Gasteiger partial charge in [0.05, 0.1) is 79.3 Å². The van der Waals surface area contributed by atoms with Gasteiger partial charge in [0, 0.05) is 0 Å². The van der Waals surface area contributed by atoms with E-state index in [1.807, 2.05) is 0 Å². The molecule has 6 saturated heterocycles. The van der Waals surface area contributed by atoms with Gasteiger partial charge in [0.2, 0.25) is 0 Å². The molecule has 0 aromatic heterocycles. The summed E-state index contributed by atoms with van der Waals surface area (Å²) in [6.45, 7) is 5.13. The highest BCUT2D eigenvalue weighted by atomic mass is 31.3. The fraction of sp³-hybridized carbons (Fsp3) is 1.00. The lowest BCUT2D eigenvalue weighted by Crippen LogP contribution is -2.12. The third kappa shape index (κ3) is 7.24. The minimum Gasteiger partial charge on any atom is -0.371 e. The molecule has 0 saturated carbocycles. The zero-order valence-corrected chi connectivity index (χ0v) is 22.2. The van der Waals surface area contributed by atoms with E-state index in [0.717, 1.165) is 0 Å². The zero-order chi connectivity index (χ0) is 24.1. The first-order chi connectivity index (χ1) is 17.6. The number of rotatable bonds is 18. The van der Waals surface area contributed by atoms with Gasteiger partial charge in [-0.05, 0) is 0 Å². The van der Waals surface area contributed by atoms with Crippen LogP contribution in [0.3, 0.4) is 0 Å². The van der Waals surface area contributed by atoms with Crippen molar-refractivity contribution in [3.05, 3.63) is 0 Å². The van der Waals surface area contributed by atoms with Gasteiger partial charge >= 0.3 is 23.0 Å². The van der Waals surface area contributed by atoms with Crippen LogP contribution in [0.5, 0.6) is 0 Å². The second kappa shape index (κ2) is 10.3. The van der Waals surface area contributed by atoms with Crippen LogP contribution in [0.15, 0.2) is 13.5 Å². The van der Waals surface area contributed by atoms with Gasteiger partial charge in [-0.25, -0.2) is 0 Å². The maximum atomic E-state index is 6.30. The summed E-state index contributed by atoms with van der Waals surface area (Å²) in [5.41, 5.74) is 0. The number of epoxide rings is 6. The largest absolute Gasteiger partial charge is 0.371 e. The van der Waals surface area contributed by atoms with Crippen molar-refractivity contribution in [2.24, 2.45) is 13.5 Å². The first-order valence-electron chi connectivity index (χ1n) is 12.1. The Morgan fingerprint density at radius 2 is 0.556 bits per heavy atom. The van der Waals surface area contributed by atoms with Gasteiger partial charge in [-0.15, -0.1) is 13.5 Å². The van der Waals surface area contributed by atoms with Gasteiger partial charge in [0.1, 0.15) is 36.6 Å². The lowest BCUT2D eigenvalue weighted by Gasteiger charge is -2.33. The molecule has 36 heavy (non-hydrogen) atoms. The molecule has 18 heteroatoms. The van der Waals surface area contributed by atoms with E-state index < -0.39 is 23.0 Å². The van der Waals surface area contributed by atoms with Crippen molar-refractivity contribution >= 4 is 23.0 Å². The van der Waals surface area contributed by atoms with E-state index in [1.165, 1.54) is 0 Å². The molecule has 0 bridgehead atoms.